The molecule has 1 aromatic rings. The lowest BCUT2D eigenvalue weighted by Crippen LogP contribution is -2.46. The highest BCUT2D eigenvalue weighted by molar-refractivity contribution is 7.88. The maximum absolute atomic E-state index is 12.7. The van der Waals surface area contributed by atoms with E-state index in [-0.39, 0.29) is 30.0 Å². The first kappa shape index (κ1) is 22.1. The molecule has 6 nitrogen and oxygen atoms in total. The molecule has 0 aliphatic carbocycles. The van der Waals surface area contributed by atoms with Crippen LogP contribution in [0.15, 0.2) is 30.3 Å². The van der Waals surface area contributed by atoms with Crippen molar-refractivity contribution in [2.45, 2.75) is 31.4 Å². The second-order valence-electron chi connectivity index (χ2n) is 7.38. The fourth-order valence-electron chi connectivity index (χ4n) is 3.79. The zero-order chi connectivity index (χ0) is 18.4. The van der Waals surface area contributed by atoms with E-state index in [1.54, 1.807) is 0 Å². The van der Waals surface area contributed by atoms with E-state index in [4.69, 9.17) is 0 Å². The molecule has 2 heterocycles. The Balaban J connectivity index is 0.00000261. The van der Waals surface area contributed by atoms with Gasteiger partial charge in [-0.1, -0.05) is 30.3 Å². The number of carbonyl (C=O) groups excluding carboxylic acids is 1. The predicted octanol–water partition coefficient (Wildman–Crippen LogP) is 1.77. The van der Waals surface area contributed by atoms with Crippen LogP contribution in [0.3, 0.4) is 0 Å². The van der Waals surface area contributed by atoms with Gasteiger partial charge in [-0.15, -0.1) is 12.4 Å². The largest absolute Gasteiger partial charge is 0.356 e. The number of halogens is 1. The SMILES string of the molecule is Cl.O=C(NCCC1CCNC1)C1CCCN(S(=O)(=O)Cc2ccccc2)C1. The van der Waals surface area contributed by atoms with E-state index >= 15 is 0 Å². The Morgan fingerprint density at radius 3 is 2.70 bits per heavy atom. The van der Waals surface area contributed by atoms with E-state index in [9.17, 15) is 13.2 Å². The van der Waals surface area contributed by atoms with Crippen LogP contribution in [0.5, 0.6) is 0 Å². The van der Waals surface area contributed by atoms with E-state index in [0.717, 1.165) is 37.9 Å². The average Bonchev–Trinajstić information content (AvgIpc) is 3.16. The smallest absolute Gasteiger partial charge is 0.224 e. The molecular formula is C19H30ClN3O3S. The summed E-state index contributed by atoms with van der Waals surface area (Å²) in [6.07, 6.45) is 3.65. The Hall–Kier alpha value is -1.15. The van der Waals surface area contributed by atoms with Crippen molar-refractivity contribution in [2.24, 2.45) is 11.8 Å². The van der Waals surface area contributed by atoms with Gasteiger partial charge < -0.3 is 10.6 Å². The summed E-state index contributed by atoms with van der Waals surface area (Å²) in [7, 11) is -3.39. The number of hydrogen-bond acceptors (Lipinski definition) is 4. The van der Waals surface area contributed by atoms with Crippen molar-refractivity contribution < 1.29 is 13.2 Å². The van der Waals surface area contributed by atoms with Crippen molar-refractivity contribution >= 4 is 28.3 Å². The van der Waals surface area contributed by atoms with Crippen molar-refractivity contribution in [3.8, 4) is 0 Å². The fourth-order valence-corrected chi connectivity index (χ4v) is 5.40. The van der Waals surface area contributed by atoms with Gasteiger partial charge in [-0.2, -0.15) is 0 Å². The summed E-state index contributed by atoms with van der Waals surface area (Å²) in [4.78, 5) is 12.5. The zero-order valence-electron chi connectivity index (χ0n) is 15.6. The minimum absolute atomic E-state index is 0. The Kier molecular flexibility index (Phi) is 8.54. The normalized spacial score (nSPS) is 23.6. The van der Waals surface area contributed by atoms with Crippen molar-refractivity contribution in [1.29, 1.82) is 0 Å². The van der Waals surface area contributed by atoms with Crippen LogP contribution in [-0.2, 0) is 20.6 Å². The van der Waals surface area contributed by atoms with Gasteiger partial charge in [0.1, 0.15) is 0 Å². The average molecular weight is 416 g/mol. The van der Waals surface area contributed by atoms with Crippen LogP contribution in [0.2, 0.25) is 0 Å². The molecule has 2 fully saturated rings. The van der Waals surface area contributed by atoms with E-state index in [0.29, 0.717) is 25.6 Å². The molecule has 3 rings (SSSR count). The lowest BCUT2D eigenvalue weighted by molar-refractivity contribution is -0.126. The molecule has 2 aliphatic rings. The summed E-state index contributed by atoms with van der Waals surface area (Å²) in [6, 6.07) is 9.21. The summed E-state index contributed by atoms with van der Waals surface area (Å²) in [6.45, 7) is 3.58. The van der Waals surface area contributed by atoms with Crippen LogP contribution in [-0.4, -0.2) is 51.4 Å². The van der Waals surface area contributed by atoms with Gasteiger partial charge in [-0.05, 0) is 50.3 Å². The predicted molar refractivity (Wildman–Crippen MR) is 109 cm³/mol. The Morgan fingerprint density at radius 1 is 1.22 bits per heavy atom. The number of amides is 1. The third kappa shape index (κ3) is 6.45. The molecule has 152 valence electrons. The molecule has 0 bridgehead atoms. The summed E-state index contributed by atoms with van der Waals surface area (Å²) < 4.78 is 26.9. The quantitative estimate of drug-likeness (QED) is 0.711. The molecule has 27 heavy (non-hydrogen) atoms. The van der Waals surface area contributed by atoms with E-state index < -0.39 is 10.0 Å². The number of carbonyl (C=O) groups is 1. The fraction of sp³-hybridized carbons (Fsp3) is 0.632. The van der Waals surface area contributed by atoms with Gasteiger partial charge in [0.2, 0.25) is 15.9 Å². The molecule has 2 N–H and O–H groups in total. The molecule has 2 unspecified atom stereocenters. The molecule has 8 heteroatoms. The summed E-state index contributed by atoms with van der Waals surface area (Å²) in [5.74, 6) is 0.396. The van der Waals surface area contributed by atoms with Gasteiger partial charge in [-0.3, -0.25) is 4.79 Å². The van der Waals surface area contributed by atoms with Gasteiger partial charge >= 0.3 is 0 Å². The highest BCUT2D eigenvalue weighted by atomic mass is 35.5. The van der Waals surface area contributed by atoms with Crippen LogP contribution < -0.4 is 10.6 Å². The first-order valence-electron chi connectivity index (χ1n) is 9.55. The minimum atomic E-state index is -3.39. The van der Waals surface area contributed by atoms with Crippen LogP contribution in [0, 0.1) is 11.8 Å². The monoisotopic (exact) mass is 415 g/mol. The molecular weight excluding hydrogens is 386 g/mol. The molecule has 0 aromatic heterocycles. The molecule has 0 radical (unpaired) electrons. The number of nitrogens with zero attached hydrogens (tertiary/aromatic N) is 1. The van der Waals surface area contributed by atoms with Crippen molar-refractivity contribution in [1.82, 2.24) is 14.9 Å². The van der Waals surface area contributed by atoms with Crippen LogP contribution in [0.4, 0.5) is 0 Å². The molecule has 2 saturated heterocycles. The third-order valence-corrected chi connectivity index (χ3v) is 7.17. The lowest BCUT2D eigenvalue weighted by Gasteiger charge is -2.31. The Labute approximate surface area is 168 Å². The molecule has 1 amide bonds. The van der Waals surface area contributed by atoms with Gasteiger partial charge in [0.05, 0.1) is 11.7 Å². The first-order chi connectivity index (χ1) is 12.5. The topological polar surface area (TPSA) is 78.5 Å². The highest BCUT2D eigenvalue weighted by Crippen LogP contribution is 2.22. The van der Waals surface area contributed by atoms with E-state index in [1.165, 1.54) is 10.7 Å². The second-order valence-corrected chi connectivity index (χ2v) is 9.35. The number of piperidine rings is 1. The lowest BCUT2D eigenvalue weighted by atomic mass is 9.98. The van der Waals surface area contributed by atoms with E-state index in [2.05, 4.69) is 10.6 Å². The number of rotatable bonds is 7. The summed E-state index contributed by atoms with van der Waals surface area (Å²) >= 11 is 0. The highest BCUT2D eigenvalue weighted by Gasteiger charge is 2.32. The van der Waals surface area contributed by atoms with Crippen LogP contribution in [0.25, 0.3) is 0 Å². The summed E-state index contributed by atoms with van der Waals surface area (Å²) in [5.41, 5.74) is 0.782. The first-order valence-corrected chi connectivity index (χ1v) is 11.2. The molecule has 1 aromatic carbocycles. The minimum Gasteiger partial charge on any atom is -0.356 e. The molecule has 2 aliphatic heterocycles. The third-order valence-electron chi connectivity index (χ3n) is 5.35. The Morgan fingerprint density at radius 2 is 2.00 bits per heavy atom. The molecule has 0 spiro atoms. The molecule has 0 saturated carbocycles. The van der Waals surface area contributed by atoms with E-state index in [1.807, 2.05) is 30.3 Å². The molecule has 2 atom stereocenters. The second kappa shape index (κ2) is 10.4. The van der Waals surface area contributed by atoms with Gasteiger partial charge in [0.15, 0.2) is 0 Å². The zero-order valence-corrected chi connectivity index (χ0v) is 17.2. The van der Waals surface area contributed by atoms with Crippen molar-refractivity contribution in [3.63, 3.8) is 0 Å². The number of benzene rings is 1. The van der Waals surface area contributed by atoms with Gasteiger partial charge in [0.25, 0.3) is 0 Å². The maximum Gasteiger partial charge on any atom is 0.224 e. The van der Waals surface area contributed by atoms with Crippen LogP contribution in [0.1, 0.15) is 31.2 Å². The maximum atomic E-state index is 12.7. The van der Waals surface area contributed by atoms with Gasteiger partial charge in [0, 0.05) is 19.6 Å². The standard InChI is InChI=1S/C19H29N3O3S.ClH/c23-19(21-11-9-16-8-10-20-13-16)18-7-4-12-22(14-18)26(24,25)15-17-5-2-1-3-6-17;/h1-3,5-6,16,18,20H,4,7-15H2,(H,21,23);1H. The number of hydrogen-bond donors (Lipinski definition) is 2. The Bertz CT molecular complexity index is 693. The number of nitrogens with one attached hydrogen (secondary N) is 2. The van der Waals surface area contributed by atoms with Gasteiger partial charge in [-0.25, -0.2) is 12.7 Å². The number of sulfonamides is 1. The van der Waals surface area contributed by atoms with Crippen molar-refractivity contribution in [2.75, 3.05) is 32.7 Å². The van der Waals surface area contributed by atoms with Crippen molar-refractivity contribution in [3.05, 3.63) is 35.9 Å². The summed E-state index contributed by atoms with van der Waals surface area (Å²) in [5, 5.41) is 6.34. The van der Waals surface area contributed by atoms with Crippen LogP contribution >= 0.6 is 12.4 Å².